The van der Waals surface area contributed by atoms with Crippen LogP contribution in [0.1, 0.15) is 18.5 Å². The Hall–Kier alpha value is -1.54. The molecule has 0 aliphatic heterocycles. The van der Waals surface area contributed by atoms with E-state index in [0.29, 0.717) is 5.16 Å². The summed E-state index contributed by atoms with van der Waals surface area (Å²) in [6.45, 7) is 1.97. The van der Waals surface area contributed by atoms with Crippen LogP contribution in [-0.4, -0.2) is 31.6 Å². The fourth-order valence-electron chi connectivity index (χ4n) is 1.77. The van der Waals surface area contributed by atoms with E-state index in [0.717, 1.165) is 21.8 Å². The molecule has 2 aromatic rings. The molecule has 0 aliphatic carbocycles. The van der Waals surface area contributed by atoms with E-state index in [1.54, 1.807) is 4.57 Å². The first-order valence-corrected chi connectivity index (χ1v) is 7.57. The standard InChI is InChI=1S/C12H13BrN4O2S/c1-7(8-2-4-9(13)5-3-8)17-11(14)15-16-12(17)20-6-10(18)19/h2-5,7H,6H2,1H3,(H2,14,15)(H,18,19). The summed E-state index contributed by atoms with van der Waals surface area (Å²) in [6, 6.07) is 7.75. The number of halogens is 1. The van der Waals surface area contributed by atoms with Crippen molar-refractivity contribution in [2.45, 2.75) is 18.1 Å². The van der Waals surface area contributed by atoms with Crippen LogP contribution in [0.4, 0.5) is 5.95 Å². The lowest BCUT2D eigenvalue weighted by Crippen LogP contribution is -2.12. The number of nitrogen functional groups attached to an aromatic ring is 1. The predicted molar refractivity (Wildman–Crippen MR) is 80.7 cm³/mol. The first-order chi connectivity index (χ1) is 9.49. The van der Waals surface area contributed by atoms with E-state index in [4.69, 9.17) is 10.8 Å². The maximum atomic E-state index is 10.7. The Kier molecular flexibility index (Phi) is 4.66. The van der Waals surface area contributed by atoms with Gasteiger partial charge in [-0.1, -0.05) is 39.8 Å². The van der Waals surface area contributed by atoms with Crippen molar-refractivity contribution in [2.75, 3.05) is 11.5 Å². The molecule has 1 heterocycles. The van der Waals surface area contributed by atoms with Gasteiger partial charge in [0.25, 0.3) is 0 Å². The minimum Gasteiger partial charge on any atom is -0.481 e. The molecular weight excluding hydrogens is 344 g/mol. The number of nitrogens with zero attached hydrogens (tertiary/aromatic N) is 3. The molecule has 6 nitrogen and oxygen atoms in total. The van der Waals surface area contributed by atoms with E-state index in [1.807, 2.05) is 31.2 Å². The smallest absolute Gasteiger partial charge is 0.313 e. The van der Waals surface area contributed by atoms with Gasteiger partial charge in [-0.3, -0.25) is 9.36 Å². The largest absolute Gasteiger partial charge is 0.481 e. The lowest BCUT2D eigenvalue weighted by molar-refractivity contribution is -0.133. The van der Waals surface area contributed by atoms with Crippen molar-refractivity contribution in [1.29, 1.82) is 0 Å². The molecule has 0 spiro atoms. The number of carboxylic acids is 1. The summed E-state index contributed by atoms with van der Waals surface area (Å²) in [7, 11) is 0. The molecule has 0 bridgehead atoms. The van der Waals surface area contributed by atoms with Gasteiger partial charge in [0.1, 0.15) is 0 Å². The third-order valence-electron chi connectivity index (χ3n) is 2.76. The number of benzene rings is 1. The summed E-state index contributed by atoms with van der Waals surface area (Å²) < 4.78 is 2.72. The Labute approximate surface area is 128 Å². The molecule has 106 valence electrons. The molecule has 2 rings (SSSR count). The number of nitrogens with two attached hydrogens (primary N) is 1. The van der Waals surface area contributed by atoms with Crippen LogP contribution in [0.25, 0.3) is 0 Å². The second kappa shape index (κ2) is 6.27. The molecule has 1 aromatic carbocycles. The highest BCUT2D eigenvalue weighted by atomic mass is 79.9. The third kappa shape index (κ3) is 3.31. The van der Waals surface area contributed by atoms with Crippen LogP contribution in [0.3, 0.4) is 0 Å². The summed E-state index contributed by atoms with van der Waals surface area (Å²) in [6.07, 6.45) is 0. The fraction of sp³-hybridized carbons (Fsp3) is 0.250. The Morgan fingerprint density at radius 1 is 1.45 bits per heavy atom. The highest BCUT2D eigenvalue weighted by Gasteiger charge is 2.18. The van der Waals surface area contributed by atoms with E-state index in [2.05, 4.69) is 26.1 Å². The molecule has 8 heteroatoms. The van der Waals surface area contributed by atoms with Crippen LogP contribution >= 0.6 is 27.7 Å². The van der Waals surface area contributed by atoms with Gasteiger partial charge < -0.3 is 10.8 Å². The van der Waals surface area contributed by atoms with Crippen molar-refractivity contribution in [3.8, 4) is 0 Å². The highest BCUT2D eigenvalue weighted by Crippen LogP contribution is 2.27. The second-order valence-corrected chi connectivity index (χ2v) is 5.98. The molecule has 0 radical (unpaired) electrons. The van der Waals surface area contributed by atoms with E-state index < -0.39 is 5.97 Å². The van der Waals surface area contributed by atoms with E-state index in [9.17, 15) is 4.79 Å². The Bertz CT molecular complexity index is 614. The van der Waals surface area contributed by atoms with Crippen LogP contribution in [0, 0.1) is 0 Å². The predicted octanol–water partition coefficient (Wildman–Crippen LogP) is 2.41. The van der Waals surface area contributed by atoms with Crippen molar-refractivity contribution < 1.29 is 9.90 Å². The number of thioether (sulfide) groups is 1. The summed E-state index contributed by atoms with van der Waals surface area (Å²) in [5.41, 5.74) is 6.87. The van der Waals surface area contributed by atoms with Gasteiger partial charge >= 0.3 is 5.97 Å². The normalized spacial score (nSPS) is 12.3. The number of anilines is 1. The van der Waals surface area contributed by atoms with Gasteiger partial charge in [-0.2, -0.15) is 0 Å². The van der Waals surface area contributed by atoms with Gasteiger partial charge in [-0.05, 0) is 24.6 Å². The summed E-state index contributed by atoms with van der Waals surface area (Å²) in [5, 5.41) is 17.0. The van der Waals surface area contributed by atoms with Crippen LogP contribution in [0.15, 0.2) is 33.9 Å². The van der Waals surface area contributed by atoms with Crippen LogP contribution in [0.2, 0.25) is 0 Å². The average molecular weight is 357 g/mol. The average Bonchev–Trinajstić information content (AvgIpc) is 2.77. The molecule has 0 saturated heterocycles. The zero-order valence-corrected chi connectivity index (χ0v) is 13.1. The van der Waals surface area contributed by atoms with Gasteiger partial charge in [0, 0.05) is 4.47 Å². The molecule has 20 heavy (non-hydrogen) atoms. The molecular formula is C12H13BrN4O2S. The maximum absolute atomic E-state index is 10.7. The van der Waals surface area contributed by atoms with Gasteiger partial charge in [-0.25, -0.2) is 0 Å². The highest BCUT2D eigenvalue weighted by molar-refractivity contribution is 9.10. The van der Waals surface area contributed by atoms with Gasteiger partial charge in [0.05, 0.1) is 11.8 Å². The van der Waals surface area contributed by atoms with Gasteiger partial charge in [0.2, 0.25) is 5.95 Å². The quantitative estimate of drug-likeness (QED) is 0.798. The van der Waals surface area contributed by atoms with Crippen LogP contribution in [0.5, 0.6) is 0 Å². The molecule has 1 unspecified atom stereocenters. The monoisotopic (exact) mass is 356 g/mol. The number of rotatable bonds is 5. The molecule has 0 amide bonds. The van der Waals surface area contributed by atoms with Crippen LogP contribution in [-0.2, 0) is 4.79 Å². The zero-order valence-electron chi connectivity index (χ0n) is 10.7. The van der Waals surface area contributed by atoms with Crippen molar-refractivity contribution >= 4 is 39.6 Å². The topological polar surface area (TPSA) is 94.0 Å². The first-order valence-electron chi connectivity index (χ1n) is 5.79. The lowest BCUT2D eigenvalue weighted by atomic mass is 10.1. The molecule has 3 N–H and O–H groups in total. The Morgan fingerprint density at radius 3 is 2.70 bits per heavy atom. The molecule has 0 fully saturated rings. The number of aromatic nitrogens is 3. The number of aliphatic carboxylic acids is 1. The van der Waals surface area contributed by atoms with Crippen molar-refractivity contribution in [3.63, 3.8) is 0 Å². The zero-order chi connectivity index (χ0) is 14.7. The van der Waals surface area contributed by atoms with Crippen molar-refractivity contribution in [2.24, 2.45) is 0 Å². The number of carbonyl (C=O) groups is 1. The minimum absolute atomic E-state index is 0.0746. The Morgan fingerprint density at radius 2 is 2.10 bits per heavy atom. The summed E-state index contributed by atoms with van der Waals surface area (Å²) in [5.74, 6) is -0.710. The SMILES string of the molecule is CC(c1ccc(Br)cc1)n1c(N)nnc1SCC(=O)O. The summed E-state index contributed by atoms with van der Waals surface area (Å²) >= 11 is 4.49. The molecule has 1 aromatic heterocycles. The van der Waals surface area contributed by atoms with E-state index >= 15 is 0 Å². The molecule has 0 saturated carbocycles. The molecule has 1 atom stereocenters. The minimum atomic E-state index is -0.903. The number of hydrogen-bond donors (Lipinski definition) is 2. The molecule has 0 aliphatic rings. The van der Waals surface area contributed by atoms with Gasteiger partial charge in [0.15, 0.2) is 5.16 Å². The van der Waals surface area contributed by atoms with E-state index in [-0.39, 0.29) is 17.7 Å². The number of carboxylic acid groups (broad SMARTS) is 1. The number of hydrogen-bond acceptors (Lipinski definition) is 5. The Balaban J connectivity index is 2.28. The lowest BCUT2D eigenvalue weighted by Gasteiger charge is -2.16. The summed E-state index contributed by atoms with van der Waals surface area (Å²) in [4.78, 5) is 10.7. The van der Waals surface area contributed by atoms with Crippen molar-refractivity contribution in [3.05, 3.63) is 34.3 Å². The third-order valence-corrected chi connectivity index (χ3v) is 4.21. The first kappa shape index (κ1) is 14.9. The fourth-order valence-corrected chi connectivity index (χ4v) is 2.77. The maximum Gasteiger partial charge on any atom is 0.313 e. The van der Waals surface area contributed by atoms with Gasteiger partial charge in [-0.15, -0.1) is 10.2 Å². The van der Waals surface area contributed by atoms with E-state index in [1.165, 1.54) is 0 Å². The second-order valence-electron chi connectivity index (χ2n) is 4.12. The van der Waals surface area contributed by atoms with Crippen molar-refractivity contribution in [1.82, 2.24) is 14.8 Å². The van der Waals surface area contributed by atoms with Crippen LogP contribution < -0.4 is 5.73 Å².